The third-order valence-electron chi connectivity index (χ3n) is 3.51. The number of amides is 1. The number of β-amino-alcohol motifs (C(OH)–C–C–N with tert-alkyl or cyclic N) is 1. The van der Waals surface area contributed by atoms with Crippen molar-refractivity contribution in [2.45, 2.75) is 64.0 Å². The van der Waals surface area contributed by atoms with E-state index in [0.29, 0.717) is 18.9 Å². The van der Waals surface area contributed by atoms with Crippen LogP contribution in [0.2, 0.25) is 0 Å². The maximum Gasteiger partial charge on any atom is 0.219 e. The van der Waals surface area contributed by atoms with Crippen LogP contribution in [0.15, 0.2) is 0 Å². The highest BCUT2D eigenvalue weighted by Gasteiger charge is 2.23. The Balaban J connectivity index is 2.21. The summed E-state index contributed by atoms with van der Waals surface area (Å²) in [4.78, 5) is 10.9. The molecule has 17 heavy (non-hydrogen) atoms. The molecular weight excluding hydrogens is 216 g/mol. The van der Waals surface area contributed by atoms with Crippen LogP contribution in [-0.4, -0.2) is 29.2 Å². The van der Waals surface area contributed by atoms with Crippen LogP contribution < -0.4 is 11.1 Å². The predicted octanol–water partition coefficient (Wildman–Crippen LogP) is 1.17. The van der Waals surface area contributed by atoms with Gasteiger partial charge in [-0.1, -0.05) is 25.7 Å². The zero-order valence-electron chi connectivity index (χ0n) is 11.0. The van der Waals surface area contributed by atoms with E-state index < -0.39 is 0 Å². The van der Waals surface area contributed by atoms with Gasteiger partial charge in [-0.05, 0) is 26.2 Å². The smallest absolute Gasteiger partial charge is 0.219 e. The molecule has 0 aromatic rings. The van der Waals surface area contributed by atoms with E-state index in [4.69, 9.17) is 5.73 Å². The highest BCUT2D eigenvalue weighted by atomic mass is 16.3. The summed E-state index contributed by atoms with van der Waals surface area (Å²) < 4.78 is 0. The molecule has 1 aliphatic carbocycles. The average molecular weight is 242 g/mol. The number of primary amides is 1. The molecule has 0 bridgehead atoms. The lowest BCUT2D eigenvalue weighted by molar-refractivity contribution is -0.119. The highest BCUT2D eigenvalue weighted by Crippen LogP contribution is 2.28. The molecule has 0 aromatic heterocycles. The lowest BCUT2D eigenvalue weighted by atomic mass is 9.97. The van der Waals surface area contributed by atoms with Crippen LogP contribution in [0.5, 0.6) is 0 Å². The van der Waals surface area contributed by atoms with Gasteiger partial charge in [-0.2, -0.15) is 0 Å². The molecule has 0 aliphatic heterocycles. The molecule has 1 unspecified atom stereocenters. The summed E-state index contributed by atoms with van der Waals surface area (Å²) in [6, 6.07) is 0. The standard InChI is InChI=1S/C13H26N2O2/c1-13(2,8-12(14)17)15-9-11(16)7-10-5-3-4-6-10/h10-11,15-16H,3-9H2,1-2H3,(H2,14,17). The van der Waals surface area contributed by atoms with Gasteiger partial charge < -0.3 is 16.2 Å². The number of rotatable bonds is 7. The molecule has 4 N–H and O–H groups in total. The molecule has 1 aliphatic rings. The second-order valence-corrected chi connectivity index (χ2v) is 5.95. The minimum atomic E-state index is -0.331. The predicted molar refractivity (Wildman–Crippen MR) is 68.5 cm³/mol. The highest BCUT2D eigenvalue weighted by molar-refractivity contribution is 5.74. The molecule has 4 nitrogen and oxygen atoms in total. The molecule has 1 atom stereocenters. The zero-order chi connectivity index (χ0) is 12.9. The maximum atomic E-state index is 10.9. The number of carbonyl (C=O) groups is 1. The van der Waals surface area contributed by atoms with Crippen molar-refractivity contribution in [1.29, 1.82) is 0 Å². The number of carbonyl (C=O) groups excluding carboxylic acids is 1. The molecule has 0 radical (unpaired) electrons. The van der Waals surface area contributed by atoms with E-state index >= 15 is 0 Å². The van der Waals surface area contributed by atoms with Gasteiger partial charge in [0.25, 0.3) is 0 Å². The van der Waals surface area contributed by atoms with Gasteiger partial charge in [0, 0.05) is 18.5 Å². The third-order valence-corrected chi connectivity index (χ3v) is 3.51. The van der Waals surface area contributed by atoms with Gasteiger partial charge in [-0.3, -0.25) is 4.79 Å². The minimum Gasteiger partial charge on any atom is -0.392 e. The molecule has 1 saturated carbocycles. The number of aliphatic hydroxyl groups excluding tert-OH is 1. The average Bonchev–Trinajstić information content (AvgIpc) is 2.65. The third kappa shape index (κ3) is 6.03. The Morgan fingerprint density at radius 1 is 1.47 bits per heavy atom. The number of nitrogens with one attached hydrogen (secondary N) is 1. The van der Waals surface area contributed by atoms with Crippen molar-refractivity contribution in [2.24, 2.45) is 11.7 Å². The maximum absolute atomic E-state index is 10.9. The Morgan fingerprint density at radius 3 is 2.59 bits per heavy atom. The van der Waals surface area contributed by atoms with Gasteiger partial charge in [0.15, 0.2) is 0 Å². The van der Waals surface area contributed by atoms with Gasteiger partial charge in [0.2, 0.25) is 5.91 Å². The normalized spacial score (nSPS) is 19.5. The molecule has 100 valence electrons. The van der Waals surface area contributed by atoms with Crippen molar-refractivity contribution in [3.63, 3.8) is 0 Å². The lowest BCUT2D eigenvalue weighted by Gasteiger charge is -2.27. The second kappa shape index (κ2) is 6.36. The van der Waals surface area contributed by atoms with Crippen LogP contribution in [0.25, 0.3) is 0 Å². The van der Waals surface area contributed by atoms with Crippen LogP contribution in [-0.2, 0) is 4.79 Å². The Labute approximate surface area is 104 Å². The Bertz CT molecular complexity index is 248. The Kier molecular flexibility index (Phi) is 5.40. The van der Waals surface area contributed by atoms with Gasteiger partial charge in [0.1, 0.15) is 0 Å². The summed E-state index contributed by atoms with van der Waals surface area (Å²) in [5.74, 6) is 0.374. The largest absolute Gasteiger partial charge is 0.392 e. The van der Waals surface area contributed by atoms with Gasteiger partial charge >= 0.3 is 0 Å². The number of nitrogens with two attached hydrogens (primary N) is 1. The van der Waals surface area contributed by atoms with Crippen LogP contribution in [0.1, 0.15) is 52.4 Å². The fourth-order valence-corrected chi connectivity index (χ4v) is 2.61. The van der Waals surface area contributed by atoms with Crippen molar-refractivity contribution in [2.75, 3.05) is 6.54 Å². The first kappa shape index (κ1) is 14.5. The van der Waals surface area contributed by atoms with Crippen molar-refractivity contribution in [3.8, 4) is 0 Å². The molecule has 0 saturated heterocycles. The zero-order valence-corrected chi connectivity index (χ0v) is 11.0. The van der Waals surface area contributed by atoms with E-state index in [1.807, 2.05) is 13.8 Å². The summed E-state index contributed by atoms with van der Waals surface area (Å²) in [6.45, 7) is 4.40. The van der Waals surface area contributed by atoms with Crippen molar-refractivity contribution in [3.05, 3.63) is 0 Å². The molecule has 0 aromatic carbocycles. The van der Waals surface area contributed by atoms with E-state index in [2.05, 4.69) is 5.32 Å². The molecule has 1 rings (SSSR count). The van der Waals surface area contributed by atoms with Crippen molar-refractivity contribution < 1.29 is 9.90 Å². The SMILES string of the molecule is CC(C)(CC(N)=O)NCC(O)CC1CCCC1. The van der Waals surface area contributed by atoms with E-state index in [0.717, 1.165) is 6.42 Å². The van der Waals surface area contributed by atoms with Gasteiger partial charge in [-0.25, -0.2) is 0 Å². The summed E-state index contributed by atoms with van der Waals surface area (Å²) >= 11 is 0. The summed E-state index contributed by atoms with van der Waals surface area (Å²) in [5, 5.41) is 13.1. The van der Waals surface area contributed by atoms with Crippen LogP contribution >= 0.6 is 0 Å². The first-order chi connectivity index (χ1) is 7.89. The Morgan fingerprint density at radius 2 is 2.06 bits per heavy atom. The minimum absolute atomic E-state index is 0.295. The molecule has 1 amide bonds. The van der Waals surface area contributed by atoms with Crippen LogP contribution in [0, 0.1) is 5.92 Å². The topological polar surface area (TPSA) is 75.4 Å². The van der Waals surface area contributed by atoms with E-state index in [9.17, 15) is 9.90 Å². The quantitative estimate of drug-likeness (QED) is 0.627. The first-order valence-electron chi connectivity index (χ1n) is 6.60. The van der Waals surface area contributed by atoms with Crippen molar-refractivity contribution in [1.82, 2.24) is 5.32 Å². The molecule has 0 spiro atoms. The Hall–Kier alpha value is -0.610. The number of aliphatic hydroxyl groups is 1. The van der Waals surface area contributed by atoms with Crippen molar-refractivity contribution >= 4 is 5.91 Å². The van der Waals surface area contributed by atoms with Gasteiger partial charge in [-0.15, -0.1) is 0 Å². The molecule has 1 fully saturated rings. The molecular formula is C13H26N2O2. The number of hydrogen-bond donors (Lipinski definition) is 3. The summed E-state index contributed by atoms with van der Waals surface area (Å²) in [6.07, 6.45) is 5.97. The second-order valence-electron chi connectivity index (χ2n) is 5.95. The van der Waals surface area contributed by atoms with Crippen LogP contribution in [0.4, 0.5) is 0 Å². The first-order valence-corrected chi connectivity index (χ1v) is 6.60. The van der Waals surface area contributed by atoms with Crippen LogP contribution in [0.3, 0.4) is 0 Å². The number of hydrogen-bond acceptors (Lipinski definition) is 3. The van der Waals surface area contributed by atoms with E-state index in [1.165, 1.54) is 25.7 Å². The molecule has 4 heteroatoms. The summed E-state index contributed by atoms with van der Waals surface area (Å²) in [7, 11) is 0. The monoisotopic (exact) mass is 242 g/mol. The van der Waals surface area contributed by atoms with E-state index in [-0.39, 0.29) is 17.6 Å². The summed E-state index contributed by atoms with van der Waals surface area (Å²) in [5.41, 5.74) is 4.84. The van der Waals surface area contributed by atoms with E-state index in [1.54, 1.807) is 0 Å². The fourth-order valence-electron chi connectivity index (χ4n) is 2.61. The fraction of sp³-hybridized carbons (Fsp3) is 0.923. The lowest BCUT2D eigenvalue weighted by Crippen LogP contribution is -2.46. The van der Waals surface area contributed by atoms with Gasteiger partial charge in [0.05, 0.1) is 6.10 Å². The molecule has 0 heterocycles.